The fraction of sp³-hybridized carbons (Fsp3) is 0.531. The predicted octanol–water partition coefficient (Wildman–Crippen LogP) is 7.06. The maximum Gasteiger partial charge on any atom is 0.293 e. The predicted molar refractivity (Wildman–Crippen MR) is 164 cm³/mol. The second-order valence-electron chi connectivity index (χ2n) is 8.99. The van der Waals surface area contributed by atoms with E-state index in [0.29, 0.717) is 30.4 Å². The number of hydrogen-bond donors (Lipinski definition) is 1. The molecule has 2 fully saturated rings. The van der Waals surface area contributed by atoms with Gasteiger partial charge in [0.1, 0.15) is 11.6 Å². The molecule has 3 heterocycles. The first-order valence-corrected chi connectivity index (χ1v) is 14.9. The summed E-state index contributed by atoms with van der Waals surface area (Å²) < 4.78 is 22.9. The van der Waals surface area contributed by atoms with Gasteiger partial charge in [0.05, 0.1) is 31.0 Å². The summed E-state index contributed by atoms with van der Waals surface area (Å²) in [5.41, 5.74) is 2.79. The van der Waals surface area contributed by atoms with Crippen LogP contribution in [0.1, 0.15) is 89.9 Å². The standard InChI is InChI=1S/C18H24N4O.C7H7FO.C3H6O2.2C2H6/c23-18(20-14-6-2-1-3-7-14)16-13-19-22-11-8-15(12-17(16)22)21-9-4-5-10-21;1-9-7-4-2-6(8)3-5-7;1-2-5-3-4;2*1-2/h8,11-14H,1-7,9-10H2,(H,20,23);2-5H,1H3;3H,2H2,1H3;2*1-2H3. The Morgan fingerprint density at radius 1 is 1.02 bits per heavy atom. The molecule has 0 atom stereocenters. The number of amides is 1. The Kier molecular flexibility index (Phi) is 18.3. The minimum absolute atomic E-state index is 0.0190. The van der Waals surface area contributed by atoms with Gasteiger partial charge in [0, 0.05) is 31.0 Å². The van der Waals surface area contributed by atoms with Gasteiger partial charge in [0.25, 0.3) is 12.4 Å². The summed E-state index contributed by atoms with van der Waals surface area (Å²) in [6.07, 6.45) is 12.1. The van der Waals surface area contributed by atoms with Crippen LogP contribution in [-0.4, -0.2) is 54.8 Å². The zero-order valence-electron chi connectivity index (χ0n) is 25.7. The van der Waals surface area contributed by atoms with Crippen LogP contribution in [0.4, 0.5) is 10.1 Å². The van der Waals surface area contributed by atoms with E-state index < -0.39 is 0 Å². The molecule has 0 spiro atoms. The zero-order valence-corrected chi connectivity index (χ0v) is 25.7. The first-order chi connectivity index (χ1) is 20.0. The molecule has 41 heavy (non-hydrogen) atoms. The Bertz CT molecular complexity index is 1110. The van der Waals surface area contributed by atoms with Crippen molar-refractivity contribution in [1.29, 1.82) is 0 Å². The summed E-state index contributed by atoms with van der Waals surface area (Å²) in [6, 6.07) is 10.4. The van der Waals surface area contributed by atoms with E-state index in [9.17, 15) is 14.0 Å². The molecule has 1 aliphatic heterocycles. The van der Waals surface area contributed by atoms with Crippen molar-refractivity contribution < 1.29 is 23.5 Å². The number of rotatable bonds is 6. The number of carbonyl (C=O) groups excluding carboxylic acids is 2. The molecule has 8 nitrogen and oxygen atoms in total. The zero-order chi connectivity index (χ0) is 30.5. The highest BCUT2D eigenvalue weighted by Crippen LogP contribution is 2.24. The molecule has 0 unspecified atom stereocenters. The molecule has 0 bridgehead atoms. The number of fused-ring (bicyclic) bond motifs is 1. The first kappa shape index (κ1) is 35.4. The van der Waals surface area contributed by atoms with Crippen LogP contribution in [0.25, 0.3) is 5.52 Å². The largest absolute Gasteiger partial charge is 0.497 e. The molecule has 3 aromatic rings. The normalized spacial score (nSPS) is 14.0. The van der Waals surface area contributed by atoms with Crippen LogP contribution >= 0.6 is 0 Å². The maximum absolute atomic E-state index is 12.6. The number of methoxy groups -OCH3 is 1. The first-order valence-electron chi connectivity index (χ1n) is 14.9. The van der Waals surface area contributed by atoms with E-state index in [4.69, 9.17) is 4.74 Å². The van der Waals surface area contributed by atoms with Crippen LogP contribution in [0, 0.1) is 5.82 Å². The lowest BCUT2D eigenvalue weighted by atomic mass is 9.95. The molecule has 228 valence electrons. The topological polar surface area (TPSA) is 85.2 Å². The second-order valence-corrected chi connectivity index (χ2v) is 8.99. The fourth-order valence-corrected chi connectivity index (χ4v) is 4.47. The van der Waals surface area contributed by atoms with E-state index in [-0.39, 0.29) is 11.7 Å². The highest BCUT2D eigenvalue weighted by molar-refractivity contribution is 6.01. The van der Waals surface area contributed by atoms with Gasteiger partial charge in [-0.05, 0) is 69.0 Å². The average Bonchev–Trinajstić information content (AvgIpc) is 3.72. The number of pyridine rings is 1. The quantitative estimate of drug-likeness (QED) is 0.318. The number of anilines is 1. The lowest BCUT2D eigenvalue weighted by Crippen LogP contribution is -2.36. The summed E-state index contributed by atoms with van der Waals surface area (Å²) in [7, 11) is 1.55. The van der Waals surface area contributed by atoms with Gasteiger partial charge in [-0.2, -0.15) is 5.10 Å². The van der Waals surface area contributed by atoms with Crippen molar-refractivity contribution in [3.8, 4) is 5.75 Å². The van der Waals surface area contributed by atoms with Gasteiger partial charge >= 0.3 is 0 Å². The third kappa shape index (κ3) is 12.2. The van der Waals surface area contributed by atoms with Gasteiger partial charge in [-0.25, -0.2) is 8.91 Å². The number of hydrogen-bond acceptors (Lipinski definition) is 6. The number of benzene rings is 1. The van der Waals surface area contributed by atoms with Gasteiger partial charge in [0.15, 0.2) is 0 Å². The molecule has 1 saturated heterocycles. The molecule has 2 aromatic heterocycles. The molecule has 1 saturated carbocycles. The van der Waals surface area contributed by atoms with Crippen molar-refractivity contribution in [2.24, 2.45) is 0 Å². The minimum Gasteiger partial charge on any atom is -0.497 e. The Balaban J connectivity index is 0.000000387. The third-order valence-electron chi connectivity index (χ3n) is 6.45. The monoisotopic (exact) mass is 572 g/mol. The summed E-state index contributed by atoms with van der Waals surface area (Å²) in [5.74, 6) is 0.456. The number of halogens is 1. The highest BCUT2D eigenvalue weighted by Gasteiger charge is 2.20. The second kappa shape index (κ2) is 21.2. The van der Waals surface area contributed by atoms with Crippen LogP contribution < -0.4 is 15.0 Å². The van der Waals surface area contributed by atoms with E-state index in [1.165, 1.54) is 49.9 Å². The summed E-state index contributed by atoms with van der Waals surface area (Å²) >= 11 is 0. The molecular formula is C32H49FN4O4. The van der Waals surface area contributed by atoms with Gasteiger partial charge in [-0.15, -0.1) is 0 Å². The van der Waals surface area contributed by atoms with Crippen LogP contribution in [0.2, 0.25) is 0 Å². The SMILES string of the molecule is CC.CC.CCOC=O.COc1ccc(F)cc1.O=C(NC1CCCCC1)c1cnn2ccc(N3CCCC3)cc12. The molecule has 1 aromatic carbocycles. The molecule has 1 N–H and O–H groups in total. The number of nitrogens with zero attached hydrogens (tertiary/aromatic N) is 3. The summed E-state index contributed by atoms with van der Waals surface area (Å²) in [4.78, 5) is 24.2. The molecule has 1 aliphatic carbocycles. The van der Waals surface area contributed by atoms with E-state index in [1.807, 2.05) is 33.9 Å². The molecule has 5 rings (SSSR count). The maximum atomic E-state index is 12.6. The van der Waals surface area contributed by atoms with Crippen LogP contribution in [0.15, 0.2) is 48.8 Å². The highest BCUT2D eigenvalue weighted by atomic mass is 19.1. The Hall–Kier alpha value is -3.62. The van der Waals surface area contributed by atoms with Crippen molar-refractivity contribution in [2.45, 2.75) is 85.6 Å². The molecular weight excluding hydrogens is 523 g/mol. The van der Waals surface area contributed by atoms with Crippen molar-refractivity contribution in [1.82, 2.24) is 14.9 Å². The van der Waals surface area contributed by atoms with Gasteiger partial charge in [-0.1, -0.05) is 47.0 Å². The van der Waals surface area contributed by atoms with E-state index in [1.54, 1.807) is 36.9 Å². The number of ether oxygens (including phenoxy) is 2. The van der Waals surface area contributed by atoms with E-state index in [0.717, 1.165) is 31.4 Å². The lowest BCUT2D eigenvalue weighted by molar-refractivity contribution is -0.128. The number of aromatic nitrogens is 2. The Morgan fingerprint density at radius 3 is 2.20 bits per heavy atom. The van der Waals surface area contributed by atoms with Gasteiger partial charge in [0.2, 0.25) is 0 Å². The lowest BCUT2D eigenvalue weighted by Gasteiger charge is -2.22. The van der Waals surface area contributed by atoms with Crippen molar-refractivity contribution in [3.63, 3.8) is 0 Å². The summed E-state index contributed by atoms with van der Waals surface area (Å²) in [6.45, 7) is 12.9. The van der Waals surface area contributed by atoms with Crippen molar-refractivity contribution in [2.75, 3.05) is 31.7 Å². The average molecular weight is 573 g/mol. The Labute approximate surface area is 245 Å². The van der Waals surface area contributed by atoms with Gasteiger partial charge in [-0.3, -0.25) is 9.59 Å². The van der Waals surface area contributed by atoms with E-state index >= 15 is 0 Å². The van der Waals surface area contributed by atoms with Crippen molar-refractivity contribution >= 4 is 23.6 Å². The van der Waals surface area contributed by atoms with E-state index in [2.05, 4.69) is 32.2 Å². The Morgan fingerprint density at radius 2 is 1.66 bits per heavy atom. The minimum atomic E-state index is -0.240. The van der Waals surface area contributed by atoms with Crippen molar-refractivity contribution in [3.05, 3.63) is 60.2 Å². The molecule has 2 aliphatic rings. The molecule has 9 heteroatoms. The number of nitrogens with one attached hydrogen (secondary N) is 1. The molecule has 1 amide bonds. The number of carbonyl (C=O) groups is 2. The van der Waals surface area contributed by atoms with Crippen LogP contribution in [0.5, 0.6) is 5.75 Å². The van der Waals surface area contributed by atoms with Crippen LogP contribution in [-0.2, 0) is 9.53 Å². The van der Waals surface area contributed by atoms with Gasteiger partial charge < -0.3 is 19.7 Å². The third-order valence-corrected chi connectivity index (χ3v) is 6.45. The fourth-order valence-electron chi connectivity index (χ4n) is 4.47. The smallest absolute Gasteiger partial charge is 0.293 e. The summed E-state index contributed by atoms with van der Waals surface area (Å²) in [5, 5.41) is 7.53. The molecule has 0 radical (unpaired) electrons. The van der Waals surface area contributed by atoms with Crippen LogP contribution in [0.3, 0.4) is 0 Å².